The summed E-state index contributed by atoms with van der Waals surface area (Å²) >= 11 is 0. The van der Waals surface area contributed by atoms with Crippen molar-refractivity contribution in [2.24, 2.45) is 5.92 Å². The number of para-hydroxylation sites is 1. The van der Waals surface area contributed by atoms with Crippen molar-refractivity contribution in [3.63, 3.8) is 0 Å². The third kappa shape index (κ3) is 4.34. The van der Waals surface area contributed by atoms with Gasteiger partial charge in [-0.3, -0.25) is 14.6 Å². The third-order valence-electron chi connectivity index (χ3n) is 5.03. The first-order valence-corrected chi connectivity index (χ1v) is 9.23. The molecule has 1 aromatic carbocycles. The Hall–Kier alpha value is -2.73. The van der Waals surface area contributed by atoms with Gasteiger partial charge in [0.25, 0.3) is 5.91 Å². The maximum Gasteiger partial charge on any atom is 0.308 e. The molecule has 1 aliphatic carbocycles. The Morgan fingerprint density at radius 1 is 1.22 bits per heavy atom. The van der Waals surface area contributed by atoms with Gasteiger partial charge in [-0.05, 0) is 50.8 Å². The fourth-order valence-corrected chi connectivity index (χ4v) is 3.54. The minimum atomic E-state index is -1.18. The number of esters is 1. The number of anilines is 1. The molecule has 2 aromatic rings. The summed E-state index contributed by atoms with van der Waals surface area (Å²) in [5.41, 5.74) is 0.399. The van der Waals surface area contributed by atoms with Crippen molar-refractivity contribution in [1.82, 2.24) is 4.98 Å². The molecular weight excluding hydrogens is 344 g/mol. The minimum absolute atomic E-state index is 0.205. The van der Waals surface area contributed by atoms with Crippen molar-refractivity contribution in [2.75, 3.05) is 11.9 Å². The van der Waals surface area contributed by atoms with E-state index < -0.39 is 5.60 Å². The van der Waals surface area contributed by atoms with Crippen molar-refractivity contribution >= 4 is 17.6 Å². The minimum Gasteiger partial charge on any atom is -0.466 e. The van der Waals surface area contributed by atoms with Gasteiger partial charge in [-0.15, -0.1) is 0 Å². The fraction of sp³-hybridized carbons (Fsp3) is 0.381. The average molecular weight is 368 g/mol. The lowest BCUT2D eigenvalue weighted by Gasteiger charge is -2.36. The van der Waals surface area contributed by atoms with Crippen LogP contribution in [0.4, 0.5) is 5.69 Å². The van der Waals surface area contributed by atoms with Crippen molar-refractivity contribution < 1.29 is 19.4 Å². The number of hydrogen-bond acceptors (Lipinski definition) is 5. The summed E-state index contributed by atoms with van der Waals surface area (Å²) in [6.45, 7) is 2.14. The Balaban J connectivity index is 1.77. The van der Waals surface area contributed by atoms with Crippen molar-refractivity contribution in [1.29, 1.82) is 0 Å². The van der Waals surface area contributed by atoms with E-state index >= 15 is 0 Å². The number of nitrogens with zero attached hydrogens (tertiary/aromatic N) is 1. The Bertz CT molecular complexity index is 799. The zero-order valence-corrected chi connectivity index (χ0v) is 15.4. The van der Waals surface area contributed by atoms with Crippen LogP contribution in [0.15, 0.2) is 48.8 Å². The molecule has 1 aliphatic rings. The lowest BCUT2D eigenvalue weighted by molar-refractivity contribution is -0.151. The molecule has 0 unspecified atom stereocenters. The molecule has 0 spiro atoms. The van der Waals surface area contributed by atoms with Crippen molar-refractivity contribution in [2.45, 2.75) is 38.2 Å². The molecule has 0 bridgehead atoms. The largest absolute Gasteiger partial charge is 0.466 e. The topological polar surface area (TPSA) is 88.5 Å². The van der Waals surface area contributed by atoms with Crippen LogP contribution in [-0.4, -0.2) is 28.6 Å². The van der Waals surface area contributed by atoms with Gasteiger partial charge in [-0.2, -0.15) is 0 Å². The van der Waals surface area contributed by atoms with Gasteiger partial charge < -0.3 is 15.2 Å². The highest BCUT2D eigenvalue weighted by atomic mass is 16.5. The van der Waals surface area contributed by atoms with E-state index in [2.05, 4.69) is 10.3 Å². The van der Waals surface area contributed by atoms with Crippen LogP contribution in [-0.2, 0) is 15.1 Å². The number of aliphatic hydroxyl groups is 1. The highest BCUT2D eigenvalue weighted by Gasteiger charge is 2.39. The fourth-order valence-electron chi connectivity index (χ4n) is 3.54. The van der Waals surface area contributed by atoms with Gasteiger partial charge in [-0.1, -0.05) is 18.2 Å². The van der Waals surface area contributed by atoms with Crippen LogP contribution < -0.4 is 5.32 Å². The van der Waals surface area contributed by atoms with Crippen molar-refractivity contribution in [3.05, 3.63) is 59.9 Å². The molecule has 0 saturated heterocycles. The van der Waals surface area contributed by atoms with E-state index in [1.807, 2.05) is 18.2 Å². The summed E-state index contributed by atoms with van der Waals surface area (Å²) in [7, 11) is 0. The smallest absolute Gasteiger partial charge is 0.308 e. The molecule has 6 heteroatoms. The van der Waals surface area contributed by atoms with Gasteiger partial charge in [0.05, 0.1) is 18.1 Å². The van der Waals surface area contributed by atoms with E-state index in [1.165, 1.54) is 6.20 Å². The van der Waals surface area contributed by atoms with E-state index in [1.54, 1.807) is 31.3 Å². The lowest BCUT2D eigenvalue weighted by atomic mass is 9.74. The molecule has 0 radical (unpaired) electrons. The summed E-state index contributed by atoms with van der Waals surface area (Å²) in [4.78, 5) is 28.8. The van der Waals surface area contributed by atoms with Gasteiger partial charge in [0.15, 0.2) is 0 Å². The number of nitrogens with one attached hydrogen (secondary N) is 1. The van der Waals surface area contributed by atoms with Crippen LogP contribution in [0.2, 0.25) is 0 Å². The molecule has 1 amide bonds. The third-order valence-corrected chi connectivity index (χ3v) is 5.03. The highest BCUT2D eigenvalue weighted by molar-refractivity contribution is 6.05. The Labute approximate surface area is 158 Å². The molecule has 1 fully saturated rings. The summed E-state index contributed by atoms with van der Waals surface area (Å²) in [6, 6.07) is 10.8. The number of pyridine rings is 1. The number of ether oxygens (including phenoxy) is 1. The molecule has 1 aromatic heterocycles. The molecule has 0 aliphatic heterocycles. The number of aromatic nitrogens is 1. The predicted molar refractivity (Wildman–Crippen MR) is 101 cm³/mol. The number of carbonyl (C=O) groups is 2. The molecule has 0 atom stereocenters. The second-order valence-corrected chi connectivity index (χ2v) is 6.80. The first-order chi connectivity index (χ1) is 13.0. The summed E-state index contributed by atoms with van der Waals surface area (Å²) in [5.74, 6) is -0.712. The van der Waals surface area contributed by atoms with Gasteiger partial charge in [0, 0.05) is 29.2 Å². The first kappa shape index (κ1) is 19.0. The molecule has 142 valence electrons. The molecule has 3 rings (SSSR count). The number of benzene rings is 1. The summed E-state index contributed by atoms with van der Waals surface area (Å²) < 4.78 is 5.09. The Kier molecular flexibility index (Phi) is 5.86. The second-order valence-electron chi connectivity index (χ2n) is 6.80. The predicted octanol–water partition coefficient (Wildman–Crippen LogP) is 3.27. The number of rotatable bonds is 5. The van der Waals surface area contributed by atoms with E-state index in [0.29, 0.717) is 49.1 Å². The van der Waals surface area contributed by atoms with Crippen LogP contribution in [0.5, 0.6) is 0 Å². The van der Waals surface area contributed by atoms with Crippen LogP contribution in [0, 0.1) is 5.92 Å². The van der Waals surface area contributed by atoms with E-state index in [-0.39, 0.29) is 17.8 Å². The molecule has 1 saturated carbocycles. The van der Waals surface area contributed by atoms with E-state index in [9.17, 15) is 14.7 Å². The van der Waals surface area contributed by atoms with E-state index in [4.69, 9.17) is 4.74 Å². The molecular formula is C21H24N2O4. The maximum atomic E-state index is 12.8. The van der Waals surface area contributed by atoms with Crippen LogP contribution in [0.1, 0.15) is 48.5 Å². The van der Waals surface area contributed by atoms with Gasteiger partial charge in [0.2, 0.25) is 0 Å². The van der Waals surface area contributed by atoms with E-state index in [0.717, 1.165) is 0 Å². The molecule has 6 nitrogen and oxygen atoms in total. The standard InChI is InChI=1S/C21H24N2O4/c1-2-27-20(25)15-8-11-21(26,12-9-15)18-14-22-13-10-17(18)19(24)23-16-6-4-3-5-7-16/h3-7,10,13-15,26H,2,8-9,11-12H2,1H3,(H,23,24). The Morgan fingerprint density at radius 3 is 2.59 bits per heavy atom. The number of carbonyl (C=O) groups excluding carboxylic acids is 2. The summed E-state index contributed by atoms with van der Waals surface area (Å²) in [6.07, 6.45) is 4.89. The SMILES string of the molecule is CCOC(=O)C1CCC(O)(c2cnccc2C(=O)Nc2ccccc2)CC1. The maximum absolute atomic E-state index is 12.8. The number of hydrogen-bond donors (Lipinski definition) is 2. The van der Waals surface area contributed by atoms with Crippen LogP contribution in [0.3, 0.4) is 0 Å². The molecule has 1 heterocycles. The normalized spacial score (nSPS) is 22.1. The Morgan fingerprint density at radius 2 is 1.93 bits per heavy atom. The molecule has 2 N–H and O–H groups in total. The summed E-state index contributed by atoms with van der Waals surface area (Å²) in [5, 5.41) is 14.0. The second kappa shape index (κ2) is 8.31. The zero-order valence-electron chi connectivity index (χ0n) is 15.4. The lowest BCUT2D eigenvalue weighted by Crippen LogP contribution is -2.36. The average Bonchev–Trinajstić information content (AvgIpc) is 2.69. The highest BCUT2D eigenvalue weighted by Crippen LogP contribution is 2.41. The van der Waals surface area contributed by atoms with Crippen LogP contribution >= 0.6 is 0 Å². The van der Waals surface area contributed by atoms with Crippen LogP contribution in [0.25, 0.3) is 0 Å². The first-order valence-electron chi connectivity index (χ1n) is 9.23. The van der Waals surface area contributed by atoms with Crippen molar-refractivity contribution in [3.8, 4) is 0 Å². The quantitative estimate of drug-likeness (QED) is 0.791. The monoisotopic (exact) mass is 368 g/mol. The number of amides is 1. The zero-order chi connectivity index (χ0) is 19.3. The van der Waals surface area contributed by atoms with Gasteiger partial charge in [0.1, 0.15) is 0 Å². The van der Waals surface area contributed by atoms with Gasteiger partial charge >= 0.3 is 5.97 Å². The van der Waals surface area contributed by atoms with Gasteiger partial charge in [-0.25, -0.2) is 0 Å². The molecule has 27 heavy (non-hydrogen) atoms.